The first-order valence-electron chi connectivity index (χ1n) is 6.75. The van der Waals surface area contributed by atoms with E-state index in [9.17, 15) is 21.6 Å². The zero-order valence-electron chi connectivity index (χ0n) is 12.0. The molecule has 124 valence electrons. The molecule has 1 heterocycles. The molecular weight excluding hydrogens is 321 g/mol. The van der Waals surface area contributed by atoms with E-state index in [2.05, 4.69) is 4.74 Å². The van der Waals surface area contributed by atoms with Crippen LogP contribution in [0.3, 0.4) is 0 Å². The summed E-state index contributed by atoms with van der Waals surface area (Å²) in [4.78, 5) is 0. The molecule has 5 nitrogen and oxygen atoms in total. The van der Waals surface area contributed by atoms with E-state index < -0.39 is 22.3 Å². The molecule has 0 amide bonds. The van der Waals surface area contributed by atoms with Gasteiger partial charge in [0.15, 0.2) is 0 Å². The van der Waals surface area contributed by atoms with Crippen LogP contribution in [0.5, 0.6) is 5.75 Å². The van der Waals surface area contributed by atoms with Crippen LogP contribution in [0, 0.1) is 0 Å². The van der Waals surface area contributed by atoms with Crippen LogP contribution in [0.25, 0.3) is 0 Å². The van der Waals surface area contributed by atoms with Gasteiger partial charge in [-0.2, -0.15) is 17.0 Å². The molecule has 1 aliphatic rings. The third-order valence-electron chi connectivity index (χ3n) is 3.38. The Hall–Kier alpha value is -1.32. The Kier molecular flexibility index (Phi) is 4.98. The van der Waals surface area contributed by atoms with Crippen LogP contribution in [0.15, 0.2) is 24.3 Å². The summed E-state index contributed by atoms with van der Waals surface area (Å²) in [5.41, 5.74) is 0.157. The van der Waals surface area contributed by atoms with Crippen LogP contribution < -0.4 is 4.74 Å². The van der Waals surface area contributed by atoms with Crippen molar-refractivity contribution < 1.29 is 26.3 Å². The number of ether oxygens (including phenoxy) is 1. The summed E-state index contributed by atoms with van der Waals surface area (Å²) in [5, 5.41) is 0. The summed E-state index contributed by atoms with van der Waals surface area (Å²) in [6, 6.07) is 5.52. The molecular formula is C13H17F3N2O3S. The highest BCUT2D eigenvalue weighted by atomic mass is 32.2. The number of hydrogen-bond acceptors (Lipinski definition) is 3. The lowest BCUT2D eigenvalue weighted by Gasteiger charge is -2.24. The fourth-order valence-electron chi connectivity index (χ4n) is 2.30. The van der Waals surface area contributed by atoms with Crippen LogP contribution in [-0.2, 0) is 16.8 Å². The molecule has 0 bridgehead atoms. The fourth-order valence-corrected chi connectivity index (χ4v) is 3.71. The lowest BCUT2D eigenvalue weighted by Crippen LogP contribution is -2.39. The Morgan fingerprint density at radius 2 is 1.82 bits per heavy atom. The lowest BCUT2D eigenvalue weighted by atomic mass is 10.2. The predicted molar refractivity (Wildman–Crippen MR) is 74.3 cm³/mol. The minimum Gasteiger partial charge on any atom is -0.405 e. The van der Waals surface area contributed by atoms with Gasteiger partial charge in [-0.15, -0.1) is 13.2 Å². The topological polar surface area (TPSA) is 49.9 Å². The second-order valence-corrected chi connectivity index (χ2v) is 7.06. The highest BCUT2D eigenvalue weighted by Gasteiger charge is 2.33. The van der Waals surface area contributed by atoms with Crippen molar-refractivity contribution in [3.63, 3.8) is 0 Å². The molecule has 1 saturated heterocycles. The SMILES string of the molecule is CN(Cc1ccccc1OC(F)(F)F)S(=O)(=O)N1CCCC1. The number of hydrogen-bond donors (Lipinski definition) is 0. The van der Waals surface area contributed by atoms with Crippen molar-refractivity contribution >= 4 is 10.2 Å². The van der Waals surface area contributed by atoms with Crippen molar-refractivity contribution in [2.45, 2.75) is 25.7 Å². The zero-order chi connectivity index (χ0) is 16.4. The highest BCUT2D eigenvalue weighted by Crippen LogP contribution is 2.28. The molecule has 0 radical (unpaired) electrons. The van der Waals surface area contributed by atoms with Crippen LogP contribution in [0.1, 0.15) is 18.4 Å². The van der Waals surface area contributed by atoms with E-state index in [1.54, 1.807) is 0 Å². The molecule has 1 aromatic carbocycles. The van der Waals surface area contributed by atoms with Gasteiger partial charge in [0.2, 0.25) is 0 Å². The van der Waals surface area contributed by atoms with Gasteiger partial charge in [0.25, 0.3) is 10.2 Å². The van der Waals surface area contributed by atoms with Crippen molar-refractivity contribution in [3.8, 4) is 5.75 Å². The van der Waals surface area contributed by atoms with E-state index in [1.165, 1.54) is 35.6 Å². The molecule has 1 fully saturated rings. The molecule has 22 heavy (non-hydrogen) atoms. The summed E-state index contributed by atoms with van der Waals surface area (Å²) in [6.07, 6.45) is -3.23. The monoisotopic (exact) mass is 338 g/mol. The van der Waals surface area contributed by atoms with E-state index in [4.69, 9.17) is 0 Å². The standard InChI is InChI=1S/C13H17F3N2O3S/c1-17(22(19,20)18-8-4-5-9-18)10-11-6-2-3-7-12(11)21-13(14,15)16/h2-3,6-7H,4-5,8-10H2,1H3. The Balaban J connectivity index is 2.16. The molecule has 0 aliphatic carbocycles. The highest BCUT2D eigenvalue weighted by molar-refractivity contribution is 7.86. The first kappa shape index (κ1) is 17.0. The molecule has 0 unspecified atom stereocenters. The summed E-state index contributed by atoms with van der Waals surface area (Å²) in [7, 11) is -2.32. The van der Waals surface area contributed by atoms with E-state index in [-0.39, 0.29) is 12.1 Å². The molecule has 0 N–H and O–H groups in total. The average Bonchev–Trinajstić information content (AvgIpc) is 2.93. The Morgan fingerprint density at radius 1 is 1.23 bits per heavy atom. The molecule has 2 rings (SSSR count). The Labute approximate surface area is 127 Å². The van der Waals surface area contributed by atoms with Crippen molar-refractivity contribution in [2.24, 2.45) is 0 Å². The van der Waals surface area contributed by atoms with Gasteiger partial charge in [0.05, 0.1) is 0 Å². The largest absolute Gasteiger partial charge is 0.573 e. The third kappa shape index (κ3) is 4.11. The fraction of sp³-hybridized carbons (Fsp3) is 0.538. The van der Waals surface area contributed by atoms with Crippen LogP contribution in [-0.4, -0.2) is 43.5 Å². The van der Waals surface area contributed by atoms with Gasteiger partial charge < -0.3 is 4.74 Å². The minimum atomic E-state index is -4.82. The molecule has 1 aromatic rings. The second kappa shape index (κ2) is 6.43. The zero-order valence-corrected chi connectivity index (χ0v) is 12.8. The number of benzene rings is 1. The van der Waals surface area contributed by atoms with Crippen LogP contribution in [0.4, 0.5) is 13.2 Å². The van der Waals surface area contributed by atoms with E-state index in [1.807, 2.05) is 0 Å². The molecule has 1 aliphatic heterocycles. The quantitative estimate of drug-likeness (QED) is 0.828. The van der Waals surface area contributed by atoms with Crippen molar-refractivity contribution in [3.05, 3.63) is 29.8 Å². The number of rotatable bonds is 5. The average molecular weight is 338 g/mol. The van der Waals surface area contributed by atoms with Gasteiger partial charge in [0, 0.05) is 32.2 Å². The third-order valence-corrected chi connectivity index (χ3v) is 5.31. The van der Waals surface area contributed by atoms with E-state index >= 15 is 0 Å². The molecule has 0 atom stereocenters. The second-order valence-electron chi connectivity index (χ2n) is 5.03. The van der Waals surface area contributed by atoms with Crippen LogP contribution in [0.2, 0.25) is 0 Å². The summed E-state index contributed by atoms with van der Waals surface area (Å²) in [6.45, 7) is 0.686. The van der Waals surface area contributed by atoms with Gasteiger partial charge in [-0.3, -0.25) is 0 Å². The van der Waals surface area contributed by atoms with E-state index in [0.29, 0.717) is 13.1 Å². The molecule has 0 aromatic heterocycles. The van der Waals surface area contributed by atoms with Crippen LogP contribution >= 0.6 is 0 Å². The number of alkyl halides is 3. The summed E-state index contributed by atoms with van der Waals surface area (Å²) >= 11 is 0. The maximum Gasteiger partial charge on any atom is 0.573 e. The predicted octanol–water partition coefficient (Wildman–Crippen LogP) is 2.36. The lowest BCUT2D eigenvalue weighted by molar-refractivity contribution is -0.274. The van der Waals surface area contributed by atoms with E-state index in [0.717, 1.165) is 17.1 Å². The summed E-state index contributed by atoms with van der Waals surface area (Å²) < 4.78 is 68.1. The van der Waals surface area contributed by atoms with Crippen molar-refractivity contribution in [2.75, 3.05) is 20.1 Å². The Bertz CT molecular complexity index is 613. The van der Waals surface area contributed by atoms with Gasteiger partial charge in [-0.25, -0.2) is 0 Å². The number of nitrogens with zero attached hydrogens (tertiary/aromatic N) is 2. The number of para-hydroxylation sites is 1. The number of halogens is 3. The van der Waals surface area contributed by atoms with Gasteiger partial charge in [-0.1, -0.05) is 18.2 Å². The van der Waals surface area contributed by atoms with Gasteiger partial charge in [0.1, 0.15) is 5.75 Å². The maximum absolute atomic E-state index is 12.4. The van der Waals surface area contributed by atoms with Crippen molar-refractivity contribution in [1.29, 1.82) is 0 Å². The smallest absolute Gasteiger partial charge is 0.405 e. The minimum absolute atomic E-state index is 0.157. The molecule has 9 heteroatoms. The van der Waals surface area contributed by atoms with Crippen molar-refractivity contribution in [1.82, 2.24) is 8.61 Å². The maximum atomic E-state index is 12.4. The first-order valence-corrected chi connectivity index (χ1v) is 8.15. The first-order chi connectivity index (χ1) is 10.2. The molecule has 0 spiro atoms. The summed E-state index contributed by atoms with van der Waals surface area (Å²) in [5.74, 6) is -0.390. The normalized spacial score (nSPS) is 17.1. The Morgan fingerprint density at radius 3 is 2.41 bits per heavy atom. The molecule has 0 saturated carbocycles. The van der Waals surface area contributed by atoms with Gasteiger partial charge >= 0.3 is 6.36 Å². The van der Waals surface area contributed by atoms with Gasteiger partial charge in [-0.05, 0) is 18.9 Å².